The maximum atomic E-state index is 10.3. The number of nitrogens with zero attached hydrogens (tertiary/aromatic N) is 2. The molecule has 0 bridgehead atoms. The molecule has 0 saturated heterocycles. The summed E-state index contributed by atoms with van der Waals surface area (Å²) in [6.07, 6.45) is 4.33. The first-order chi connectivity index (χ1) is 13.2. The molecule has 0 aliphatic rings. The fourth-order valence-corrected chi connectivity index (χ4v) is 1.74. The van der Waals surface area contributed by atoms with E-state index < -0.39 is 21.8 Å². The predicted octanol–water partition coefficient (Wildman–Crippen LogP) is 0.335. The van der Waals surface area contributed by atoms with Crippen LogP contribution in [0, 0.1) is 20.2 Å². The van der Waals surface area contributed by atoms with E-state index in [0.29, 0.717) is 11.1 Å². The number of aliphatic carboxylic acids is 2. The minimum Gasteiger partial charge on any atom is -0.545 e. The smallest absolute Gasteiger partial charge is 0.545 e. The normalized spacial score (nSPS) is 9.93. The Bertz CT molecular complexity index is 844. The minimum absolute atomic E-state index is 0. The number of carboxylic acids is 2. The second-order valence-electron chi connectivity index (χ2n) is 5.00. The van der Waals surface area contributed by atoms with Crippen LogP contribution in [0.1, 0.15) is 11.1 Å². The number of carbonyl (C=O) groups is 2. The molecule has 0 fully saturated rings. The molecule has 144 valence electrons. The van der Waals surface area contributed by atoms with Gasteiger partial charge in [-0.25, -0.2) is 0 Å². The number of nitro benzene ring substituents is 2. The first-order valence-electron chi connectivity index (χ1n) is 7.46. The van der Waals surface area contributed by atoms with E-state index in [9.17, 15) is 40.0 Å². The number of carbonyl (C=O) groups excluding carboxylic acids is 2. The van der Waals surface area contributed by atoms with E-state index in [1.807, 2.05) is 0 Å². The largest absolute Gasteiger partial charge is 2.00 e. The molecule has 2 rings (SSSR count). The van der Waals surface area contributed by atoms with Crippen molar-refractivity contribution < 1.29 is 29.6 Å². The topological polar surface area (TPSA) is 167 Å². The Labute approximate surface area is 194 Å². The number of rotatable bonds is 6. The van der Waals surface area contributed by atoms with Gasteiger partial charge in [0.05, 0.1) is 21.8 Å². The fourth-order valence-electron chi connectivity index (χ4n) is 1.74. The Morgan fingerprint density at radius 3 is 1.14 bits per heavy atom. The van der Waals surface area contributed by atoms with Crippen LogP contribution < -0.4 is 10.2 Å². The molecule has 0 aliphatic carbocycles. The molecular weight excluding hydrogens is 412 g/mol. The quantitative estimate of drug-likeness (QED) is 0.277. The molecule has 0 aromatic heterocycles. The molecular formula is C18H12CaN2O8. The molecule has 10 nitrogen and oxygen atoms in total. The first-order valence-corrected chi connectivity index (χ1v) is 7.46. The molecule has 0 radical (unpaired) electrons. The molecule has 0 unspecified atom stereocenters. The number of carboxylic acid groups (broad SMARTS) is 2. The van der Waals surface area contributed by atoms with Crippen LogP contribution in [0.5, 0.6) is 0 Å². The summed E-state index contributed by atoms with van der Waals surface area (Å²) in [5.74, 6) is -2.60. The third kappa shape index (κ3) is 10.7. The summed E-state index contributed by atoms with van der Waals surface area (Å²) < 4.78 is 0. The van der Waals surface area contributed by atoms with Crippen LogP contribution in [0.3, 0.4) is 0 Å². The van der Waals surface area contributed by atoms with E-state index in [1.165, 1.54) is 60.7 Å². The third-order valence-corrected chi connectivity index (χ3v) is 3.03. The Balaban J connectivity index is 0.000000523. The molecule has 11 heteroatoms. The summed E-state index contributed by atoms with van der Waals surface area (Å²) in [6, 6.07) is 11.0. The fraction of sp³-hybridized carbons (Fsp3) is 0. The third-order valence-electron chi connectivity index (χ3n) is 3.03. The van der Waals surface area contributed by atoms with Gasteiger partial charge in [-0.3, -0.25) is 20.2 Å². The van der Waals surface area contributed by atoms with Crippen LogP contribution in [0.25, 0.3) is 12.2 Å². The van der Waals surface area contributed by atoms with Crippen molar-refractivity contribution in [2.75, 3.05) is 0 Å². The molecule has 29 heavy (non-hydrogen) atoms. The van der Waals surface area contributed by atoms with Crippen LogP contribution in [-0.4, -0.2) is 59.5 Å². The van der Waals surface area contributed by atoms with Crippen molar-refractivity contribution in [2.24, 2.45) is 0 Å². The van der Waals surface area contributed by atoms with Gasteiger partial charge >= 0.3 is 37.7 Å². The molecule has 2 aromatic rings. The van der Waals surface area contributed by atoms with E-state index in [-0.39, 0.29) is 49.1 Å². The number of nitro groups is 2. The van der Waals surface area contributed by atoms with E-state index in [2.05, 4.69) is 0 Å². The van der Waals surface area contributed by atoms with Crippen molar-refractivity contribution >= 4 is 73.2 Å². The van der Waals surface area contributed by atoms with Gasteiger partial charge in [0.2, 0.25) is 0 Å². The Kier molecular flexibility index (Phi) is 11.8. The van der Waals surface area contributed by atoms with Crippen molar-refractivity contribution in [1.82, 2.24) is 0 Å². The van der Waals surface area contributed by atoms with Gasteiger partial charge in [0, 0.05) is 24.3 Å². The second kappa shape index (κ2) is 13.2. The van der Waals surface area contributed by atoms with Crippen LogP contribution >= 0.6 is 0 Å². The van der Waals surface area contributed by atoms with E-state index >= 15 is 0 Å². The molecule has 0 atom stereocenters. The first kappa shape index (κ1) is 25.9. The molecule has 0 spiro atoms. The maximum Gasteiger partial charge on any atom is 2.00 e. The van der Waals surface area contributed by atoms with Gasteiger partial charge in [0.15, 0.2) is 0 Å². The van der Waals surface area contributed by atoms with E-state index in [0.717, 1.165) is 12.2 Å². The molecule has 0 aliphatic heterocycles. The second-order valence-corrected chi connectivity index (χ2v) is 5.00. The van der Waals surface area contributed by atoms with Gasteiger partial charge in [-0.05, 0) is 47.5 Å². The summed E-state index contributed by atoms with van der Waals surface area (Å²) in [4.78, 5) is 39.6. The van der Waals surface area contributed by atoms with Crippen LogP contribution in [-0.2, 0) is 9.59 Å². The number of non-ortho nitro benzene ring substituents is 2. The monoisotopic (exact) mass is 424 g/mol. The van der Waals surface area contributed by atoms with Gasteiger partial charge < -0.3 is 19.8 Å². The molecule has 0 saturated carbocycles. The van der Waals surface area contributed by atoms with Crippen molar-refractivity contribution in [1.29, 1.82) is 0 Å². The molecule has 0 N–H and O–H groups in total. The molecule has 0 amide bonds. The summed E-state index contributed by atoms with van der Waals surface area (Å²) in [7, 11) is 0. The van der Waals surface area contributed by atoms with Gasteiger partial charge in [0.25, 0.3) is 11.4 Å². The van der Waals surface area contributed by atoms with Crippen LogP contribution in [0.4, 0.5) is 11.4 Å². The Morgan fingerprint density at radius 2 is 0.931 bits per heavy atom. The van der Waals surface area contributed by atoms with Gasteiger partial charge in [-0.2, -0.15) is 0 Å². The average Bonchev–Trinajstić information content (AvgIpc) is 2.65. The average molecular weight is 424 g/mol. The maximum absolute atomic E-state index is 10.3. The summed E-state index contributed by atoms with van der Waals surface area (Å²) >= 11 is 0. The zero-order valence-electron chi connectivity index (χ0n) is 14.8. The molecule has 2 aromatic carbocycles. The van der Waals surface area contributed by atoms with Crippen LogP contribution in [0.2, 0.25) is 0 Å². The van der Waals surface area contributed by atoms with Crippen molar-refractivity contribution in [2.45, 2.75) is 0 Å². The van der Waals surface area contributed by atoms with E-state index in [4.69, 9.17) is 0 Å². The van der Waals surface area contributed by atoms with E-state index in [1.54, 1.807) is 0 Å². The summed E-state index contributed by atoms with van der Waals surface area (Å²) in [5, 5.41) is 40.6. The van der Waals surface area contributed by atoms with Gasteiger partial charge in [-0.1, -0.05) is 12.2 Å². The SMILES string of the molecule is O=C([O-])C=Cc1ccc([N+](=O)[O-])cc1.O=C([O-])C=Cc1ccc([N+](=O)[O-])cc1.[Ca+2]. The van der Waals surface area contributed by atoms with Gasteiger partial charge in [-0.15, -0.1) is 0 Å². The van der Waals surface area contributed by atoms with Crippen LogP contribution in [0.15, 0.2) is 60.7 Å². The Morgan fingerprint density at radius 1 is 0.655 bits per heavy atom. The van der Waals surface area contributed by atoms with Gasteiger partial charge in [0.1, 0.15) is 0 Å². The minimum atomic E-state index is -1.30. The Hall–Kier alpha value is -3.08. The summed E-state index contributed by atoms with van der Waals surface area (Å²) in [6.45, 7) is 0. The summed E-state index contributed by atoms with van der Waals surface area (Å²) in [5.41, 5.74) is 1.07. The predicted molar refractivity (Wildman–Crippen MR) is 100 cm³/mol. The van der Waals surface area contributed by atoms with Crippen molar-refractivity contribution in [3.63, 3.8) is 0 Å². The van der Waals surface area contributed by atoms with Crippen molar-refractivity contribution in [3.05, 3.63) is 92.0 Å². The zero-order valence-corrected chi connectivity index (χ0v) is 17.0. The molecule has 0 heterocycles. The van der Waals surface area contributed by atoms with Crippen molar-refractivity contribution in [3.8, 4) is 0 Å². The number of benzene rings is 2. The zero-order chi connectivity index (χ0) is 21.1. The standard InChI is InChI=1S/2C9H7NO4.Ca/c2*11-9(12)6-3-7-1-4-8(5-2-7)10(13)14;/h2*1-6H,(H,11,12);/q;;+2/p-2. The number of hydrogen-bond donors (Lipinski definition) is 0. The number of hydrogen-bond acceptors (Lipinski definition) is 8.